The molecule has 1 aromatic rings. The van der Waals surface area contributed by atoms with Gasteiger partial charge in [-0.3, -0.25) is 5.41 Å². The fourth-order valence-electron chi connectivity index (χ4n) is 1.77. The number of anilines is 1. The molecule has 0 aliphatic heterocycles. The van der Waals surface area contributed by atoms with Crippen LogP contribution in [-0.2, 0) is 0 Å². The third-order valence-corrected chi connectivity index (χ3v) is 3.29. The van der Waals surface area contributed by atoms with Crippen molar-refractivity contribution in [3.63, 3.8) is 0 Å². The van der Waals surface area contributed by atoms with Crippen molar-refractivity contribution in [2.24, 2.45) is 11.1 Å². The number of amidine groups is 1. The number of benzene rings is 1. The van der Waals surface area contributed by atoms with Crippen molar-refractivity contribution in [2.45, 2.75) is 26.7 Å². The highest BCUT2D eigenvalue weighted by Crippen LogP contribution is 2.23. The van der Waals surface area contributed by atoms with E-state index in [2.05, 4.69) is 0 Å². The summed E-state index contributed by atoms with van der Waals surface area (Å²) in [5.41, 5.74) is 5.86. The molecule has 0 fully saturated rings. The molecule has 0 radical (unpaired) electrons. The molecule has 3 N–H and O–H groups in total. The van der Waals surface area contributed by atoms with Crippen LogP contribution in [0.3, 0.4) is 0 Å². The molecule has 0 aromatic heterocycles. The molecular weight excluding hydrogens is 229 g/mol. The van der Waals surface area contributed by atoms with Gasteiger partial charge in [0.25, 0.3) is 0 Å². The van der Waals surface area contributed by atoms with Gasteiger partial charge in [-0.1, -0.05) is 26.0 Å². The van der Waals surface area contributed by atoms with Crippen molar-refractivity contribution in [3.05, 3.63) is 30.1 Å². The van der Waals surface area contributed by atoms with Gasteiger partial charge in [-0.25, -0.2) is 4.39 Å². The molecule has 0 spiro atoms. The fraction of sp³-hybridized carbons (Fsp3) is 0.500. The number of rotatable bonds is 6. The molecule has 18 heavy (non-hydrogen) atoms. The lowest BCUT2D eigenvalue weighted by Crippen LogP contribution is -2.32. The van der Waals surface area contributed by atoms with E-state index in [0.717, 1.165) is 19.4 Å². The molecule has 1 aromatic carbocycles. The van der Waals surface area contributed by atoms with Crippen molar-refractivity contribution in [2.75, 3.05) is 18.5 Å². The van der Waals surface area contributed by atoms with Crippen LogP contribution in [0.1, 0.15) is 26.7 Å². The van der Waals surface area contributed by atoms with Gasteiger partial charge in [-0.05, 0) is 25.0 Å². The molecule has 4 heteroatoms. The summed E-state index contributed by atoms with van der Waals surface area (Å²) in [6.07, 6.45) is 1.69. The summed E-state index contributed by atoms with van der Waals surface area (Å²) in [4.78, 5) is 1.89. The SMILES string of the molecule is CN(CCCC(C)(C)C(=N)N)c1ccccc1F. The molecule has 3 nitrogen and oxygen atoms in total. The van der Waals surface area contributed by atoms with Crippen LogP contribution in [0.25, 0.3) is 0 Å². The van der Waals surface area contributed by atoms with E-state index in [1.165, 1.54) is 6.07 Å². The first kappa shape index (κ1) is 14.5. The summed E-state index contributed by atoms with van der Waals surface area (Å²) in [7, 11) is 1.87. The maximum Gasteiger partial charge on any atom is 0.146 e. The van der Waals surface area contributed by atoms with E-state index in [9.17, 15) is 4.39 Å². The number of nitrogens with two attached hydrogens (primary N) is 1. The Hall–Kier alpha value is -1.58. The van der Waals surface area contributed by atoms with Crippen molar-refractivity contribution in [1.29, 1.82) is 5.41 Å². The zero-order valence-corrected chi connectivity index (χ0v) is 11.3. The molecular formula is C14H22FN3. The van der Waals surface area contributed by atoms with E-state index in [4.69, 9.17) is 11.1 Å². The third-order valence-electron chi connectivity index (χ3n) is 3.29. The van der Waals surface area contributed by atoms with Gasteiger partial charge < -0.3 is 10.6 Å². The van der Waals surface area contributed by atoms with Gasteiger partial charge in [-0.2, -0.15) is 0 Å². The van der Waals surface area contributed by atoms with E-state index in [1.807, 2.05) is 31.9 Å². The average molecular weight is 251 g/mol. The number of halogens is 1. The van der Waals surface area contributed by atoms with Crippen LogP contribution in [0.2, 0.25) is 0 Å². The van der Waals surface area contributed by atoms with Crippen LogP contribution in [0.5, 0.6) is 0 Å². The zero-order chi connectivity index (χ0) is 13.8. The standard InChI is InChI=1S/C14H22FN3/c1-14(2,13(16)17)9-6-10-18(3)12-8-5-4-7-11(12)15/h4-5,7-8H,6,9-10H2,1-3H3,(H3,16,17). The second-order valence-corrected chi connectivity index (χ2v) is 5.27. The Morgan fingerprint density at radius 3 is 2.56 bits per heavy atom. The molecule has 0 heterocycles. The van der Waals surface area contributed by atoms with Crippen molar-refractivity contribution >= 4 is 11.5 Å². The highest BCUT2D eigenvalue weighted by molar-refractivity contribution is 5.82. The van der Waals surface area contributed by atoms with E-state index < -0.39 is 0 Å². The normalized spacial score (nSPS) is 11.3. The van der Waals surface area contributed by atoms with Gasteiger partial charge in [-0.15, -0.1) is 0 Å². The molecule has 0 amide bonds. The van der Waals surface area contributed by atoms with E-state index in [1.54, 1.807) is 12.1 Å². The Kier molecular flexibility index (Phi) is 4.70. The lowest BCUT2D eigenvalue weighted by molar-refractivity contribution is 0.451. The smallest absolute Gasteiger partial charge is 0.146 e. The quantitative estimate of drug-likeness (QED) is 0.603. The first-order chi connectivity index (χ1) is 8.34. The predicted molar refractivity (Wildman–Crippen MR) is 74.6 cm³/mol. The van der Waals surface area contributed by atoms with Crippen LogP contribution >= 0.6 is 0 Å². The van der Waals surface area contributed by atoms with Crippen LogP contribution < -0.4 is 10.6 Å². The minimum Gasteiger partial charge on any atom is -0.387 e. The Morgan fingerprint density at radius 1 is 1.39 bits per heavy atom. The number of hydrogen-bond acceptors (Lipinski definition) is 2. The minimum absolute atomic E-state index is 0.203. The van der Waals surface area contributed by atoms with Crippen LogP contribution in [-0.4, -0.2) is 19.4 Å². The minimum atomic E-state index is -0.282. The summed E-state index contributed by atoms with van der Waals surface area (Å²) in [5.74, 6) is 0.00173. The van der Waals surface area contributed by atoms with Gasteiger partial charge >= 0.3 is 0 Å². The summed E-state index contributed by atoms with van der Waals surface area (Å²) in [5, 5.41) is 7.49. The van der Waals surface area contributed by atoms with Gasteiger partial charge in [0.1, 0.15) is 5.82 Å². The van der Waals surface area contributed by atoms with Crippen molar-refractivity contribution < 1.29 is 4.39 Å². The van der Waals surface area contributed by atoms with E-state index in [0.29, 0.717) is 5.69 Å². The number of para-hydroxylation sites is 1. The Labute approximate surface area is 108 Å². The molecule has 0 aliphatic carbocycles. The summed E-state index contributed by atoms with van der Waals surface area (Å²) < 4.78 is 13.5. The molecule has 0 aliphatic rings. The summed E-state index contributed by atoms with van der Waals surface area (Å²) in [6, 6.07) is 6.75. The van der Waals surface area contributed by atoms with Crippen molar-refractivity contribution in [3.8, 4) is 0 Å². The van der Waals surface area contributed by atoms with Crippen molar-refractivity contribution in [1.82, 2.24) is 0 Å². The Balaban J connectivity index is 2.50. The lowest BCUT2D eigenvalue weighted by Gasteiger charge is -2.25. The predicted octanol–water partition coefficient (Wildman–Crippen LogP) is 3.00. The van der Waals surface area contributed by atoms with E-state index in [-0.39, 0.29) is 17.1 Å². The molecule has 100 valence electrons. The molecule has 0 atom stereocenters. The highest BCUT2D eigenvalue weighted by atomic mass is 19.1. The maximum absolute atomic E-state index is 13.5. The Bertz CT molecular complexity index is 415. The van der Waals surface area contributed by atoms with Crippen LogP contribution in [0.15, 0.2) is 24.3 Å². The molecule has 0 unspecified atom stereocenters. The fourth-order valence-corrected chi connectivity index (χ4v) is 1.77. The van der Waals surface area contributed by atoms with Gasteiger partial charge in [0.2, 0.25) is 0 Å². The Morgan fingerprint density at radius 2 is 2.00 bits per heavy atom. The second kappa shape index (κ2) is 5.85. The summed E-state index contributed by atoms with van der Waals surface area (Å²) in [6.45, 7) is 4.66. The molecule has 0 bridgehead atoms. The monoisotopic (exact) mass is 251 g/mol. The number of hydrogen-bond donors (Lipinski definition) is 2. The molecule has 1 rings (SSSR count). The highest BCUT2D eigenvalue weighted by Gasteiger charge is 2.21. The molecule has 0 saturated carbocycles. The van der Waals surface area contributed by atoms with Gasteiger partial charge in [0.05, 0.1) is 11.5 Å². The molecule has 0 saturated heterocycles. The van der Waals surface area contributed by atoms with Crippen LogP contribution in [0, 0.1) is 16.6 Å². The van der Waals surface area contributed by atoms with Gasteiger partial charge in [0.15, 0.2) is 0 Å². The third kappa shape index (κ3) is 3.72. The zero-order valence-electron chi connectivity index (χ0n) is 11.3. The number of nitrogens with zero attached hydrogens (tertiary/aromatic N) is 1. The van der Waals surface area contributed by atoms with Gasteiger partial charge in [0, 0.05) is 19.0 Å². The topological polar surface area (TPSA) is 53.1 Å². The first-order valence-electron chi connectivity index (χ1n) is 6.15. The van der Waals surface area contributed by atoms with E-state index >= 15 is 0 Å². The lowest BCUT2D eigenvalue weighted by atomic mass is 9.86. The van der Waals surface area contributed by atoms with Crippen LogP contribution in [0.4, 0.5) is 10.1 Å². The average Bonchev–Trinajstić information content (AvgIpc) is 2.29. The number of nitrogens with one attached hydrogen (secondary N) is 1. The largest absolute Gasteiger partial charge is 0.387 e. The summed E-state index contributed by atoms with van der Waals surface area (Å²) >= 11 is 0. The first-order valence-corrected chi connectivity index (χ1v) is 6.15. The second-order valence-electron chi connectivity index (χ2n) is 5.27. The maximum atomic E-state index is 13.5.